The molecule has 0 radical (unpaired) electrons. The van der Waals surface area contributed by atoms with Crippen LogP contribution in [-0.2, 0) is 14.8 Å². The summed E-state index contributed by atoms with van der Waals surface area (Å²) in [7, 11) is -3.86. The van der Waals surface area contributed by atoms with Gasteiger partial charge < -0.3 is 5.11 Å². The maximum Gasteiger partial charge on any atom is 0.332 e. The molecule has 0 amide bonds. The number of hydrogen-bond donors (Lipinski definition) is 2. The predicted molar refractivity (Wildman–Crippen MR) is 72.3 cm³/mol. The van der Waals surface area contributed by atoms with E-state index in [0.717, 1.165) is 12.1 Å². The lowest BCUT2D eigenvalue weighted by Gasteiger charge is -2.22. The van der Waals surface area contributed by atoms with Crippen molar-refractivity contribution >= 4 is 21.7 Å². The Labute approximate surface area is 116 Å². The first-order valence-corrected chi connectivity index (χ1v) is 7.65. The van der Waals surface area contributed by atoms with E-state index in [9.17, 15) is 17.6 Å². The average Bonchev–Trinajstić information content (AvgIpc) is 2.41. The molecule has 2 rings (SSSR count). The van der Waals surface area contributed by atoms with E-state index in [1.807, 2.05) is 0 Å². The van der Waals surface area contributed by atoms with Crippen LogP contribution >= 0.6 is 0 Å². The van der Waals surface area contributed by atoms with Crippen molar-refractivity contribution in [1.29, 1.82) is 0 Å². The second kappa shape index (κ2) is 5.62. The highest BCUT2D eigenvalue weighted by atomic mass is 32.2. The average molecular weight is 299 g/mol. The monoisotopic (exact) mass is 299 g/mol. The summed E-state index contributed by atoms with van der Waals surface area (Å²) in [5, 5.41) is 7.98. The number of carboxylic acids is 1. The van der Waals surface area contributed by atoms with Crippen LogP contribution in [0.3, 0.4) is 0 Å². The lowest BCUT2D eigenvalue weighted by molar-refractivity contribution is -0.132. The van der Waals surface area contributed by atoms with Crippen molar-refractivity contribution in [3.63, 3.8) is 0 Å². The lowest BCUT2D eigenvalue weighted by Crippen LogP contribution is -2.34. The van der Waals surface area contributed by atoms with E-state index in [-0.39, 0.29) is 17.7 Å². The summed E-state index contributed by atoms with van der Waals surface area (Å²) in [5.41, 5.74) is 0.104. The van der Waals surface area contributed by atoms with E-state index in [0.29, 0.717) is 12.8 Å². The SMILES string of the molecule is O=C(O)C1=CCCCC1S(=O)(=O)Nc1ccc(F)cc1. The maximum absolute atomic E-state index is 12.8. The van der Waals surface area contributed by atoms with Gasteiger partial charge in [0.2, 0.25) is 10.0 Å². The molecule has 0 aromatic heterocycles. The van der Waals surface area contributed by atoms with Gasteiger partial charge in [0.15, 0.2) is 0 Å². The molecule has 5 nitrogen and oxygen atoms in total. The fraction of sp³-hybridized carbons (Fsp3) is 0.308. The summed E-state index contributed by atoms with van der Waals surface area (Å²) in [6.07, 6.45) is 2.88. The number of benzene rings is 1. The third-order valence-corrected chi connectivity index (χ3v) is 4.87. The normalized spacial score (nSPS) is 19.2. The first kappa shape index (κ1) is 14.5. The zero-order valence-corrected chi connectivity index (χ0v) is 11.4. The van der Waals surface area contributed by atoms with Crippen molar-refractivity contribution in [3.05, 3.63) is 41.7 Å². The third kappa shape index (κ3) is 3.16. The van der Waals surface area contributed by atoms with E-state index in [4.69, 9.17) is 5.11 Å². The number of carboxylic acid groups (broad SMARTS) is 1. The maximum atomic E-state index is 12.8. The Morgan fingerprint density at radius 2 is 1.95 bits per heavy atom. The molecular formula is C13H14FNO4S. The Kier molecular flexibility index (Phi) is 4.08. The highest BCUT2D eigenvalue weighted by molar-refractivity contribution is 7.93. The van der Waals surface area contributed by atoms with Gasteiger partial charge in [-0.2, -0.15) is 0 Å². The summed E-state index contributed by atoms with van der Waals surface area (Å²) in [5.74, 6) is -1.70. The summed E-state index contributed by atoms with van der Waals surface area (Å²) in [6, 6.07) is 4.85. The molecule has 0 heterocycles. The Balaban J connectivity index is 2.25. The molecule has 7 heteroatoms. The minimum atomic E-state index is -3.86. The van der Waals surface area contributed by atoms with Crippen molar-refractivity contribution in [1.82, 2.24) is 0 Å². The molecule has 0 aliphatic heterocycles. The first-order valence-electron chi connectivity index (χ1n) is 6.11. The van der Waals surface area contributed by atoms with Gasteiger partial charge >= 0.3 is 5.97 Å². The van der Waals surface area contributed by atoms with Crippen molar-refractivity contribution in [2.45, 2.75) is 24.5 Å². The molecule has 1 aromatic rings. The highest BCUT2D eigenvalue weighted by Crippen LogP contribution is 2.26. The van der Waals surface area contributed by atoms with Gasteiger partial charge in [0.05, 0.1) is 5.57 Å². The van der Waals surface area contributed by atoms with Gasteiger partial charge in [-0.15, -0.1) is 0 Å². The van der Waals surface area contributed by atoms with E-state index in [2.05, 4.69) is 4.72 Å². The molecule has 1 aromatic carbocycles. The van der Waals surface area contributed by atoms with Crippen LogP contribution in [0.15, 0.2) is 35.9 Å². The molecule has 0 saturated carbocycles. The standard InChI is InChI=1S/C13H14FNO4S/c14-9-5-7-10(8-6-9)15-20(18,19)12-4-2-1-3-11(12)13(16)17/h3,5-8,12,15H,1-2,4H2,(H,16,17). The largest absolute Gasteiger partial charge is 0.478 e. The molecule has 1 aliphatic rings. The molecule has 108 valence electrons. The Hall–Kier alpha value is -1.89. The molecule has 20 heavy (non-hydrogen) atoms. The lowest BCUT2D eigenvalue weighted by atomic mass is 9.99. The summed E-state index contributed by atoms with van der Waals surface area (Å²) in [4.78, 5) is 11.1. The molecule has 0 bridgehead atoms. The van der Waals surface area contributed by atoms with Gasteiger partial charge in [-0.3, -0.25) is 4.72 Å². The number of nitrogens with one attached hydrogen (secondary N) is 1. The summed E-state index contributed by atoms with van der Waals surface area (Å²) < 4.78 is 39.6. The smallest absolute Gasteiger partial charge is 0.332 e. The van der Waals surface area contributed by atoms with E-state index in [1.54, 1.807) is 0 Å². The van der Waals surface area contributed by atoms with E-state index in [1.165, 1.54) is 18.2 Å². The van der Waals surface area contributed by atoms with Crippen LogP contribution in [0, 0.1) is 5.82 Å². The van der Waals surface area contributed by atoms with Gasteiger partial charge in [0, 0.05) is 5.69 Å². The van der Waals surface area contributed by atoms with Crippen LogP contribution in [0.1, 0.15) is 19.3 Å². The molecule has 0 saturated heterocycles. The molecule has 2 N–H and O–H groups in total. The Morgan fingerprint density at radius 1 is 1.30 bits per heavy atom. The van der Waals surface area contributed by atoms with Gasteiger partial charge in [-0.25, -0.2) is 17.6 Å². The van der Waals surface area contributed by atoms with Crippen LogP contribution < -0.4 is 4.72 Å². The molecule has 1 atom stereocenters. The van der Waals surface area contributed by atoms with Crippen molar-refractivity contribution in [2.24, 2.45) is 0 Å². The zero-order valence-electron chi connectivity index (χ0n) is 10.5. The number of hydrogen-bond acceptors (Lipinski definition) is 3. The number of sulfonamides is 1. The zero-order chi connectivity index (χ0) is 14.8. The van der Waals surface area contributed by atoms with Crippen LogP contribution in [0.5, 0.6) is 0 Å². The summed E-state index contributed by atoms with van der Waals surface area (Å²) >= 11 is 0. The highest BCUT2D eigenvalue weighted by Gasteiger charge is 2.34. The molecule has 0 fully saturated rings. The molecule has 1 unspecified atom stereocenters. The third-order valence-electron chi connectivity index (χ3n) is 3.11. The van der Waals surface area contributed by atoms with Crippen LogP contribution in [-0.4, -0.2) is 24.7 Å². The molecular weight excluding hydrogens is 285 g/mol. The number of rotatable bonds is 4. The second-order valence-electron chi connectivity index (χ2n) is 4.54. The van der Waals surface area contributed by atoms with Crippen LogP contribution in [0.25, 0.3) is 0 Å². The number of anilines is 1. The minimum absolute atomic E-state index is 0.106. The number of halogens is 1. The van der Waals surface area contributed by atoms with Crippen molar-refractivity contribution < 1.29 is 22.7 Å². The number of aliphatic carboxylic acids is 1. The number of carbonyl (C=O) groups is 1. The Bertz CT molecular complexity index is 637. The molecule has 1 aliphatic carbocycles. The minimum Gasteiger partial charge on any atom is -0.478 e. The fourth-order valence-electron chi connectivity index (χ4n) is 2.15. The summed E-state index contributed by atoms with van der Waals surface area (Å²) in [6.45, 7) is 0. The van der Waals surface area contributed by atoms with Crippen molar-refractivity contribution in [3.8, 4) is 0 Å². The Morgan fingerprint density at radius 3 is 2.55 bits per heavy atom. The van der Waals surface area contributed by atoms with Crippen molar-refractivity contribution in [2.75, 3.05) is 4.72 Å². The van der Waals surface area contributed by atoms with Gasteiger partial charge in [0.25, 0.3) is 0 Å². The van der Waals surface area contributed by atoms with E-state index < -0.39 is 27.1 Å². The number of allylic oxidation sites excluding steroid dienone is 1. The molecule has 0 spiro atoms. The topological polar surface area (TPSA) is 83.5 Å². The second-order valence-corrected chi connectivity index (χ2v) is 6.40. The fourth-order valence-corrected chi connectivity index (χ4v) is 3.76. The predicted octanol–water partition coefficient (Wildman–Crippen LogP) is 2.13. The van der Waals surface area contributed by atoms with Crippen LogP contribution in [0.2, 0.25) is 0 Å². The van der Waals surface area contributed by atoms with Gasteiger partial charge in [0.1, 0.15) is 11.1 Å². The van der Waals surface area contributed by atoms with Gasteiger partial charge in [-0.1, -0.05) is 6.08 Å². The van der Waals surface area contributed by atoms with Gasteiger partial charge in [-0.05, 0) is 43.5 Å². The first-order chi connectivity index (χ1) is 9.40. The van der Waals surface area contributed by atoms with E-state index >= 15 is 0 Å². The van der Waals surface area contributed by atoms with Crippen LogP contribution in [0.4, 0.5) is 10.1 Å². The quantitative estimate of drug-likeness (QED) is 0.892.